The van der Waals surface area contributed by atoms with Crippen molar-refractivity contribution in [2.24, 2.45) is 0 Å². The third-order valence-corrected chi connectivity index (χ3v) is 6.17. The first kappa shape index (κ1) is 13.4. The Morgan fingerprint density at radius 1 is 1.39 bits per heavy atom. The zero-order chi connectivity index (χ0) is 13.3. The van der Waals surface area contributed by atoms with E-state index in [4.69, 9.17) is 5.73 Å². The maximum absolute atomic E-state index is 12.1. The van der Waals surface area contributed by atoms with Crippen LogP contribution in [-0.2, 0) is 10.0 Å². The number of nitrogen functional groups attached to an aromatic ring is 1. The second-order valence-electron chi connectivity index (χ2n) is 3.74. The average molecular weight is 347 g/mol. The molecule has 3 N–H and O–H groups in total. The van der Waals surface area contributed by atoms with Crippen molar-refractivity contribution in [2.75, 3.05) is 10.5 Å². The molecule has 1 heterocycles. The first-order valence-corrected chi connectivity index (χ1v) is 8.17. The summed E-state index contributed by atoms with van der Waals surface area (Å²) >= 11 is 4.46. The summed E-state index contributed by atoms with van der Waals surface area (Å²) in [4.78, 5) is 0. The lowest BCUT2D eigenvalue weighted by atomic mass is 10.2. The van der Waals surface area contributed by atoms with E-state index in [0.717, 1.165) is 21.4 Å². The van der Waals surface area contributed by atoms with Crippen molar-refractivity contribution in [1.82, 2.24) is 0 Å². The molecule has 0 fully saturated rings. The fraction of sp³-hybridized carbons (Fsp3) is 0.0909. The van der Waals surface area contributed by atoms with Crippen molar-refractivity contribution in [1.29, 1.82) is 0 Å². The summed E-state index contributed by atoms with van der Waals surface area (Å²) in [5.74, 6) is 0. The molecule has 0 unspecified atom stereocenters. The van der Waals surface area contributed by atoms with Crippen molar-refractivity contribution < 1.29 is 8.42 Å². The van der Waals surface area contributed by atoms with Gasteiger partial charge in [-0.05, 0) is 40.5 Å². The van der Waals surface area contributed by atoms with Crippen LogP contribution in [-0.4, -0.2) is 8.42 Å². The number of sulfonamides is 1. The lowest BCUT2D eigenvalue weighted by Crippen LogP contribution is -2.12. The fourth-order valence-electron chi connectivity index (χ4n) is 1.39. The van der Waals surface area contributed by atoms with Crippen LogP contribution in [0.4, 0.5) is 11.4 Å². The molecule has 2 rings (SSSR count). The van der Waals surface area contributed by atoms with Gasteiger partial charge in [0.05, 0.1) is 5.69 Å². The smallest absolute Gasteiger partial charge is 0.271 e. The molecule has 0 radical (unpaired) electrons. The van der Waals surface area contributed by atoms with E-state index in [0.29, 0.717) is 11.4 Å². The standard InChI is InChI=1S/C11H11BrN2O2S2/c1-7-3-2-4-9(11(7)12)14-18(15,16)10-5-8(13)6-17-10/h2-6,14H,13H2,1H3. The molecule has 0 saturated carbocycles. The molecule has 18 heavy (non-hydrogen) atoms. The number of hydrogen-bond acceptors (Lipinski definition) is 4. The van der Waals surface area contributed by atoms with Crippen LogP contribution in [0.2, 0.25) is 0 Å². The predicted molar refractivity (Wildman–Crippen MR) is 78.4 cm³/mol. The summed E-state index contributed by atoms with van der Waals surface area (Å²) < 4.78 is 27.7. The van der Waals surface area contributed by atoms with Gasteiger partial charge in [-0.15, -0.1) is 11.3 Å². The van der Waals surface area contributed by atoms with E-state index in [1.54, 1.807) is 17.5 Å². The molecule has 4 nitrogen and oxygen atoms in total. The highest BCUT2D eigenvalue weighted by Crippen LogP contribution is 2.29. The van der Waals surface area contributed by atoms with E-state index < -0.39 is 10.0 Å². The average Bonchev–Trinajstić information content (AvgIpc) is 2.72. The third kappa shape index (κ3) is 2.68. The third-order valence-electron chi connectivity index (χ3n) is 2.30. The minimum Gasteiger partial charge on any atom is -0.398 e. The summed E-state index contributed by atoms with van der Waals surface area (Å²) in [5.41, 5.74) is 7.45. The molecule has 0 aliphatic carbocycles. The van der Waals surface area contributed by atoms with Crippen LogP contribution in [0.15, 0.2) is 38.3 Å². The van der Waals surface area contributed by atoms with Gasteiger partial charge in [0.1, 0.15) is 4.21 Å². The molecule has 2 aromatic rings. The molecule has 0 bridgehead atoms. The number of anilines is 2. The summed E-state index contributed by atoms with van der Waals surface area (Å²) in [6, 6.07) is 6.83. The van der Waals surface area contributed by atoms with Gasteiger partial charge in [-0.2, -0.15) is 0 Å². The van der Waals surface area contributed by atoms with Gasteiger partial charge in [-0.25, -0.2) is 8.42 Å². The summed E-state index contributed by atoms with van der Waals surface area (Å²) in [6.07, 6.45) is 0. The molecule has 7 heteroatoms. The van der Waals surface area contributed by atoms with Crippen molar-refractivity contribution in [3.05, 3.63) is 39.7 Å². The minimum atomic E-state index is -3.57. The normalized spacial score (nSPS) is 11.4. The number of thiophene rings is 1. The van der Waals surface area contributed by atoms with E-state index in [1.807, 2.05) is 13.0 Å². The molecular formula is C11H11BrN2O2S2. The van der Waals surface area contributed by atoms with Crippen molar-refractivity contribution in [2.45, 2.75) is 11.1 Å². The molecule has 0 aliphatic heterocycles. The lowest BCUT2D eigenvalue weighted by Gasteiger charge is -2.09. The number of rotatable bonds is 3. The van der Waals surface area contributed by atoms with E-state index in [2.05, 4.69) is 20.7 Å². The Hall–Kier alpha value is -1.05. The maximum Gasteiger partial charge on any atom is 0.271 e. The maximum atomic E-state index is 12.1. The van der Waals surface area contributed by atoms with Crippen LogP contribution in [0.1, 0.15) is 5.56 Å². The highest BCUT2D eigenvalue weighted by molar-refractivity contribution is 9.10. The molecular weight excluding hydrogens is 336 g/mol. The van der Waals surface area contributed by atoms with Crippen LogP contribution in [0.25, 0.3) is 0 Å². The van der Waals surface area contributed by atoms with E-state index >= 15 is 0 Å². The van der Waals surface area contributed by atoms with Crippen LogP contribution in [0, 0.1) is 6.92 Å². The van der Waals surface area contributed by atoms with Crippen LogP contribution in [0.3, 0.4) is 0 Å². The Kier molecular flexibility index (Phi) is 3.65. The van der Waals surface area contributed by atoms with Crippen LogP contribution in [0.5, 0.6) is 0 Å². The Morgan fingerprint density at radius 3 is 2.72 bits per heavy atom. The van der Waals surface area contributed by atoms with Crippen molar-refractivity contribution >= 4 is 48.7 Å². The highest BCUT2D eigenvalue weighted by atomic mass is 79.9. The molecule has 0 saturated heterocycles. The monoisotopic (exact) mass is 346 g/mol. The molecule has 0 aliphatic rings. The van der Waals surface area contributed by atoms with Crippen molar-refractivity contribution in [3.63, 3.8) is 0 Å². The Labute approximate surface area is 118 Å². The lowest BCUT2D eigenvalue weighted by molar-refractivity contribution is 0.603. The van der Waals surface area contributed by atoms with Gasteiger partial charge >= 0.3 is 0 Å². The second-order valence-corrected chi connectivity index (χ2v) is 7.35. The number of benzene rings is 1. The Balaban J connectivity index is 2.37. The quantitative estimate of drug-likeness (QED) is 0.896. The predicted octanol–water partition coefficient (Wildman–Crippen LogP) is 3.20. The highest BCUT2D eigenvalue weighted by Gasteiger charge is 2.17. The summed E-state index contributed by atoms with van der Waals surface area (Å²) in [5, 5.41) is 1.60. The van der Waals surface area contributed by atoms with Gasteiger partial charge in [0.25, 0.3) is 10.0 Å². The molecule has 96 valence electrons. The minimum absolute atomic E-state index is 0.202. The Bertz CT molecular complexity index is 680. The van der Waals surface area contributed by atoms with Gasteiger partial charge in [-0.3, -0.25) is 4.72 Å². The van der Waals surface area contributed by atoms with E-state index in [9.17, 15) is 8.42 Å². The number of halogens is 1. The summed E-state index contributed by atoms with van der Waals surface area (Å²) in [7, 11) is -3.57. The zero-order valence-electron chi connectivity index (χ0n) is 9.48. The largest absolute Gasteiger partial charge is 0.398 e. The van der Waals surface area contributed by atoms with Crippen LogP contribution < -0.4 is 10.5 Å². The molecule has 0 atom stereocenters. The SMILES string of the molecule is Cc1cccc(NS(=O)(=O)c2cc(N)cs2)c1Br. The van der Waals surface area contributed by atoms with E-state index in [-0.39, 0.29) is 4.21 Å². The number of hydrogen-bond donors (Lipinski definition) is 2. The van der Waals surface area contributed by atoms with Gasteiger partial charge < -0.3 is 5.73 Å². The van der Waals surface area contributed by atoms with E-state index in [1.165, 1.54) is 6.07 Å². The topological polar surface area (TPSA) is 72.2 Å². The second kappa shape index (κ2) is 4.91. The molecule has 1 aromatic carbocycles. The van der Waals surface area contributed by atoms with Crippen LogP contribution >= 0.6 is 27.3 Å². The zero-order valence-corrected chi connectivity index (χ0v) is 12.7. The number of nitrogens with two attached hydrogens (primary N) is 1. The first-order chi connectivity index (χ1) is 8.40. The number of nitrogens with one attached hydrogen (secondary N) is 1. The first-order valence-electron chi connectivity index (χ1n) is 5.02. The fourth-order valence-corrected chi connectivity index (χ4v) is 4.04. The van der Waals surface area contributed by atoms with Gasteiger partial charge in [0.2, 0.25) is 0 Å². The molecule has 0 amide bonds. The van der Waals surface area contributed by atoms with Crippen molar-refractivity contribution in [3.8, 4) is 0 Å². The summed E-state index contributed by atoms with van der Waals surface area (Å²) in [6.45, 7) is 1.89. The van der Waals surface area contributed by atoms with Gasteiger partial charge in [0, 0.05) is 15.5 Å². The molecule has 0 spiro atoms. The number of aryl methyl sites for hydroxylation is 1. The molecule has 1 aromatic heterocycles. The Morgan fingerprint density at radius 2 is 2.11 bits per heavy atom. The van der Waals surface area contributed by atoms with Gasteiger partial charge in [-0.1, -0.05) is 12.1 Å². The van der Waals surface area contributed by atoms with Gasteiger partial charge in [0.15, 0.2) is 0 Å².